The van der Waals surface area contributed by atoms with Crippen LogP contribution in [0, 0.1) is 0 Å². The molecule has 13 heavy (non-hydrogen) atoms. The number of fused-ring (bicyclic) bond motifs is 1. The molecule has 2 rings (SSSR count). The van der Waals surface area contributed by atoms with E-state index in [-0.39, 0.29) is 0 Å². The van der Waals surface area contributed by atoms with Gasteiger partial charge >= 0.3 is 0 Å². The second-order valence-electron chi connectivity index (χ2n) is 3.14. The Bertz CT molecular complexity index is 344. The molecule has 0 bridgehead atoms. The Labute approximate surface area is 78.2 Å². The molecule has 0 radical (unpaired) electrons. The molecule has 1 N–H and O–H groups in total. The van der Waals surface area contributed by atoms with E-state index in [1.165, 1.54) is 11.3 Å². The van der Waals surface area contributed by atoms with Crippen LogP contribution in [0.2, 0.25) is 0 Å². The van der Waals surface area contributed by atoms with Gasteiger partial charge in [-0.2, -0.15) is 0 Å². The lowest BCUT2D eigenvalue weighted by Gasteiger charge is -2.08. The number of hydrogen-bond acceptors (Lipinski definition) is 2. The second kappa shape index (κ2) is 3.13. The molecule has 0 saturated heterocycles. The van der Waals surface area contributed by atoms with Crippen molar-refractivity contribution in [1.82, 2.24) is 0 Å². The number of hydrogen-bond donors (Lipinski definition) is 1. The van der Waals surface area contributed by atoms with Crippen LogP contribution in [0.15, 0.2) is 24.8 Å². The Hall–Kier alpha value is -1.44. The molecule has 1 aromatic carbocycles. The number of methoxy groups -OCH3 is 1. The summed E-state index contributed by atoms with van der Waals surface area (Å²) in [6, 6.07) is 6.17. The van der Waals surface area contributed by atoms with Crippen LogP contribution in [0.5, 0.6) is 0 Å². The van der Waals surface area contributed by atoms with Gasteiger partial charge in [0.05, 0.1) is 7.11 Å². The fraction of sp³-hybridized carbons (Fsp3) is 0.273. The van der Waals surface area contributed by atoms with Gasteiger partial charge in [-0.1, -0.05) is 18.7 Å². The SMILES string of the molecule is C=C(OC)c1cccc2c1CCN2. The smallest absolute Gasteiger partial charge is 0.119 e. The molecule has 2 heteroatoms. The predicted octanol–water partition coefficient (Wildman–Crippen LogP) is 2.27. The van der Waals surface area contributed by atoms with Crippen molar-refractivity contribution in [2.75, 3.05) is 19.0 Å². The highest BCUT2D eigenvalue weighted by atomic mass is 16.5. The topological polar surface area (TPSA) is 21.3 Å². The van der Waals surface area contributed by atoms with Gasteiger partial charge in [-0.25, -0.2) is 0 Å². The normalized spacial score (nSPS) is 13.3. The first-order valence-corrected chi connectivity index (χ1v) is 4.42. The van der Waals surface area contributed by atoms with Crippen molar-refractivity contribution < 1.29 is 4.74 Å². The van der Waals surface area contributed by atoms with Gasteiger partial charge in [-0.05, 0) is 18.1 Å². The third-order valence-corrected chi connectivity index (χ3v) is 2.41. The Morgan fingerprint density at radius 1 is 1.54 bits per heavy atom. The van der Waals surface area contributed by atoms with Crippen LogP contribution >= 0.6 is 0 Å². The number of benzene rings is 1. The van der Waals surface area contributed by atoms with Gasteiger partial charge in [0.1, 0.15) is 5.76 Å². The third kappa shape index (κ3) is 1.28. The Balaban J connectivity index is 2.47. The van der Waals surface area contributed by atoms with Crippen LogP contribution in [0.25, 0.3) is 5.76 Å². The zero-order chi connectivity index (χ0) is 9.26. The Morgan fingerprint density at radius 2 is 2.38 bits per heavy atom. The van der Waals surface area contributed by atoms with Crippen LogP contribution in [-0.4, -0.2) is 13.7 Å². The van der Waals surface area contributed by atoms with Crippen molar-refractivity contribution in [1.29, 1.82) is 0 Å². The second-order valence-corrected chi connectivity index (χ2v) is 3.14. The summed E-state index contributed by atoms with van der Waals surface area (Å²) < 4.78 is 5.14. The van der Waals surface area contributed by atoms with E-state index in [2.05, 4.69) is 24.0 Å². The van der Waals surface area contributed by atoms with Crippen LogP contribution in [0.3, 0.4) is 0 Å². The Kier molecular flexibility index (Phi) is 1.97. The van der Waals surface area contributed by atoms with Crippen LogP contribution in [-0.2, 0) is 11.2 Å². The molecule has 1 aliphatic heterocycles. The molecule has 0 atom stereocenters. The van der Waals surface area contributed by atoms with E-state index in [9.17, 15) is 0 Å². The maximum Gasteiger partial charge on any atom is 0.119 e. The van der Waals surface area contributed by atoms with E-state index in [0.717, 1.165) is 24.3 Å². The van der Waals surface area contributed by atoms with Gasteiger partial charge in [0.15, 0.2) is 0 Å². The molecule has 0 spiro atoms. The molecule has 1 heterocycles. The highest BCUT2D eigenvalue weighted by molar-refractivity contribution is 5.70. The first-order chi connectivity index (χ1) is 6.33. The van der Waals surface area contributed by atoms with E-state index in [1.54, 1.807) is 7.11 Å². The maximum atomic E-state index is 5.14. The largest absolute Gasteiger partial charge is 0.497 e. The molecular formula is C11H13NO. The van der Waals surface area contributed by atoms with E-state index < -0.39 is 0 Å². The van der Waals surface area contributed by atoms with Gasteiger partial charge in [-0.15, -0.1) is 0 Å². The number of rotatable bonds is 2. The van der Waals surface area contributed by atoms with E-state index in [1.807, 2.05) is 6.07 Å². The summed E-state index contributed by atoms with van der Waals surface area (Å²) >= 11 is 0. The average Bonchev–Trinajstić information content (AvgIpc) is 2.63. The molecule has 1 aromatic rings. The monoisotopic (exact) mass is 175 g/mol. The minimum Gasteiger partial charge on any atom is -0.497 e. The van der Waals surface area contributed by atoms with Gasteiger partial charge in [0.2, 0.25) is 0 Å². The standard InChI is InChI=1S/C11H13NO/c1-8(13-2)9-4-3-5-11-10(9)6-7-12-11/h3-5,12H,1,6-7H2,2H3. The molecule has 0 saturated carbocycles. The van der Waals surface area contributed by atoms with Crippen LogP contribution in [0.1, 0.15) is 11.1 Å². The van der Waals surface area contributed by atoms with Gasteiger partial charge in [-0.3, -0.25) is 0 Å². The van der Waals surface area contributed by atoms with Crippen molar-refractivity contribution in [3.8, 4) is 0 Å². The van der Waals surface area contributed by atoms with Crippen molar-refractivity contribution in [3.05, 3.63) is 35.9 Å². The number of ether oxygens (including phenoxy) is 1. The minimum absolute atomic E-state index is 0.751. The maximum absolute atomic E-state index is 5.14. The van der Waals surface area contributed by atoms with Crippen molar-refractivity contribution in [2.24, 2.45) is 0 Å². The van der Waals surface area contributed by atoms with E-state index in [4.69, 9.17) is 4.74 Å². The summed E-state index contributed by atoms with van der Waals surface area (Å²) in [6.07, 6.45) is 1.06. The quantitative estimate of drug-likeness (QED) is 0.696. The zero-order valence-electron chi connectivity index (χ0n) is 7.76. The summed E-state index contributed by atoms with van der Waals surface area (Å²) in [4.78, 5) is 0. The number of nitrogens with one attached hydrogen (secondary N) is 1. The summed E-state index contributed by atoms with van der Waals surface area (Å²) in [6.45, 7) is 4.89. The van der Waals surface area contributed by atoms with Crippen LogP contribution in [0.4, 0.5) is 5.69 Å². The lowest BCUT2D eigenvalue weighted by atomic mass is 10.0. The average molecular weight is 175 g/mol. The van der Waals surface area contributed by atoms with Crippen LogP contribution < -0.4 is 5.32 Å². The lowest BCUT2D eigenvalue weighted by molar-refractivity contribution is 0.371. The molecule has 1 aliphatic rings. The molecular weight excluding hydrogens is 162 g/mol. The first-order valence-electron chi connectivity index (χ1n) is 4.42. The molecule has 0 aliphatic carbocycles. The van der Waals surface area contributed by atoms with Gasteiger partial charge < -0.3 is 10.1 Å². The minimum atomic E-state index is 0.751. The fourth-order valence-electron chi connectivity index (χ4n) is 1.72. The van der Waals surface area contributed by atoms with E-state index >= 15 is 0 Å². The van der Waals surface area contributed by atoms with Gasteiger partial charge in [0.25, 0.3) is 0 Å². The predicted molar refractivity (Wildman–Crippen MR) is 54.7 cm³/mol. The summed E-state index contributed by atoms with van der Waals surface area (Å²) in [5.74, 6) is 0.751. The number of anilines is 1. The summed E-state index contributed by atoms with van der Waals surface area (Å²) in [7, 11) is 1.66. The van der Waals surface area contributed by atoms with Crippen molar-refractivity contribution in [3.63, 3.8) is 0 Å². The fourth-order valence-corrected chi connectivity index (χ4v) is 1.72. The molecule has 68 valence electrons. The van der Waals surface area contributed by atoms with Crippen molar-refractivity contribution >= 4 is 11.4 Å². The Morgan fingerprint density at radius 3 is 3.15 bits per heavy atom. The highest BCUT2D eigenvalue weighted by Crippen LogP contribution is 2.29. The highest BCUT2D eigenvalue weighted by Gasteiger charge is 2.15. The molecule has 2 nitrogen and oxygen atoms in total. The summed E-state index contributed by atoms with van der Waals surface area (Å²) in [5, 5.41) is 3.32. The summed E-state index contributed by atoms with van der Waals surface area (Å²) in [5.41, 5.74) is 3.68. The lowest BCUT2D eigenvalue weighted by Crippen LogP contribution is -1.91. The molecule has 0 aromatic heterocycles. The third-order valence-electron chi connectivity index (χ3n) is 2.41. The molecule has 0 amide bonds. The zero-order valence-corrected chi connectivity index (χ0v) is 7.76. The molecule has 0 unspecified atom stereocenters. The molecule has 0 fully saturated rings. The first kappa shape index (κ1) is 8.17. The van der Waals surface area contributed by atoms with Gasteiger partial charge in [0, 0.05) is 17.8 Å². The van der Waals surface area contributed by atoms with E-state index in [0.29, 0.717) is 0 Å². The van der Waals surface area contributed by atoms with Crippen molar-refractivity contribution in [2.45, 2.75) is 6.42 Å².